The Labute approximate surface area is 95.4 Å². The zero-order valence-electron chi connectivity index (χ0n) is 7.99. The van der Waals surface area contributed by atoms with Crippen LogP contribution in [0.3, 0.4) is 0 Å². The van der Waals surface area contributed by atoms with Crippen molar-refractivity contribution in [1.82, 2.24) is 4.98 Å². The maximum atomic E-state index is 8.79. The van der Waals surface area contributed by atoms with Crippen molar-refractivity contribution in [1.29, 1.82) is 5.26 Å². The second-order valence-corrected chi connectivity index (χ2v) is 3.91. The van der Waals surface area contributed by atoms with Crippen LogP contribution in [-0.4, -0.2) is 12.1 Å². The molecule has 1 aromatic heterocycles. The number of ether oxygens (including phenoxy) is 1. The van der Waals surface area contributed by atoms with Gasteiger partial charge in [-0.3, -0.25) is 0 Å². The number of rotatable bonds is 1. The second kappa shape index (κ2) is 3.87. The fourth-order valence-electron chi connectivity index (χ4n) is 1.40. The van der Waals surface area contributed by atoms with Crippen molar-refractivity contribution in [2.75, 3.05) is 7.11 Å². The van der Waals surface area contributed by atoms with Crippen LogP contribution in [0.25, 0.3) is 10.8 Å². The minimum atomic E-state index is 0.363. The van der Waals surface area contributed by atoms with Crippen molar-refractivity contribution in [3.05, 3.63) is 34.4 Å². The van der Waals surface area contributed by atoms with Gasteiger partial charge in [-0.1, -0.05) is 22.0 Å². The van der Waals surface area contributed by atoms with Gasteiger partial charge in [0.05, 0.1) is 7.11 Å². The number of methoxy groups -OCH3 is 1. The van der Waals surface area contributed by atoms with Crippen molar-refractivity contribution < 1.29 is 4.74 Å². The highest BCUT2D eigenvalue weighted by Crippen LogP contribution is 2.27. The molecule has 0 aliphatic heterocycles. The molecule has 0 N–H and O–H groups in total. The first kappa shape index (κ1) is 9.94. The van der Waals surface area contributed by atoms with E-state index < -0.39 is 0 Å². The Bertz CT molecular complexity index is 560. The molecule has 0 spiro atoms. The average molecular weight is 263 g/mol. The molecule has 2 aromatic rings. The van der Waals surface area contributed by atoms with E-state index in [9.17, 15) is 0 Å². The maximum Gasteiger partial charge on any atom is 0.222 e. The Hall–Kier alpha value is -1.60. The average Bonchev–Trinajstić information content (AvgIpc) is 2.27. The van der Waals surface area contributed by atoms with Gasteiger partial charge in [-0.2, -0.15) is 5.26 Å². The molecule has 0 unspecified atom stereocenters. The van der Waals surface area contributed by atoms with Gasteiger partial charge in [-0.15, -0.1) is 0 Å². The largest absolute Gasteiger partial charge is 0.481 e. The van der Waals surface area contributed by atoms with E-state index in [1.54, 1.807) is 13.2 Å². The van der Waals surface area contributed by atoms with Crippen LogP contribution in [0.4, 0.5) is 0 Å². The van der Waals surface area contributed by atoms with Crippen LogP contribution < -0.4 is 4.74 Å². The molecule has 74 valence electrons. The Morgan fingerprint density at radius 3 is 2.87 bits per heavy atom. The van der Waals surface area contributed by atoms with Crippen molar-refractivity contribution in [3.63, 3.8) is 0 Å². The first-order chi connectivity index (χ1) is 7.24. The topological polar surface area (TPSA) is 45.9 Å². The predicted octanol–water partition coefficient (Wildman–Crippen LogP) is 2.88. The number of halogens is 1. The molecule has 0 aliphatic rings. The standard InChI is InChI=1S/C11H7BrN2O/c1-15-11-10-5-8(12)3-2-7(10)4-9(6-13)14-11/h2-5H,1H3. The van der Waals surface area contributed by atoms with Gasteiger partial charge in [0.25, 0.3) is 0 Å². The van der Waals surface area contributed by atoms with E-state index in [-0.39, 0.29) is 0 Å². The molecular formula is C11H7BrN2O. The Balaban J connectivity index is 2.82. The summed E-state index contributed by atoms with van der Waals surface area (Å²) in [6, 6.07) is 9.51. The molecule has 0 amide bonds. The predicted molar refractivity (Wildman–Crippen MR) is 60.7 cm³/mol. The molecule has 0 radical (unpaired) electrons. The lowest BCUT2D eigenvalue weighted by atomic mass is 10.1. The van der Waals surface area contributed by atoms with E-state index in [2.05, 4.69) is 20.9 Å². The maximum absolute atomic E-state index is 8.79. The van der Waals surface area contributed by atoms with Gasteiger partial charge in [0, 0.05) is 9.86 Å². The molecule has 0 fully saturated rings. The van der Waals surface area contributed by atoms with Crippen LogP contribution in [0.1, 0.15) is 5.69 Å². The smallest absolute Gasteiger partial charge is 0.222 e. The summed E-state index contributed by atoms with van der Waals surface area (Å²) in [5.74, 6) is 0.477. The molecule has 0 aliphatic carbocycles. The van der Waals surface area contributed by atoms with Gasteiger partial charge < -0.3 is 4.74 Å². The molecular weight excluding hydrogens is 256 g/mol. The molecule has 0 bridgehead atoms. The van der Waals surface area contributed by atoms with Gasteiger partial charge in [0.15, 0.2) is 0 Å². The molecule has 15 heavy (non-hydrogen) atoms. The lowest BCUT2D eigenvalue weighted by molar-refractivity contribution is 0.403. The highest BCUT2D eigenvalue weighted by molar-refractivity contribution is 9.10. The minimum Gasteiger partial charge on any atom is -0.481 e. The van der Waals surface area contributed by atoms with Gasteiger partial charge in [-0.05, 0) is 23.6 Å². The molecule has 1 aromatic carbocycles. The number of fused-ring (bicyclic) bond motifs is 1. The number of nitrogens with zero attached hydrogens (tertiary/aromatic N) is 2. The lowest BCUT2D eigenvalue weighted by Crippen LogP contribution is -1.92. The summed E-state index contributed by atoms with van der Waals surface area (Å²) >= 11 is 3.38. The number of benzene rings is 1. The summed E-state index contributed by atoms with van der Waals surface area (Å²) < 4.78 is 6.10. The van der Waals surface area contributed by atoms with Crippen LogP contribution in [0.15, 0.2) is 28.7 Å². The first-order valence-corrected chi connectivity index (χ1v) is 5.08. The molecule has 0 saturated carbocycles. The van der Waals surface area contributed by atoms with E-state index in [1.807, 2.05) is 24.3 Å². The fourth-order valence-corrected chi connectivity index (χ4v) is 1.76. The lowest BCUT2D eigenvalue weighted by Gasteiger charge is -2.05. The van der Waals surface area contributed by atoms with E-state index in [0.29, 0.717) is 11.6 Å². The van der Waals surface area contributed by atoms with E-state index in [0.717, 1.165) is 15.2 Å². The molecule has 4 heteroatoms. The van der Waals surface area contributed by atoms with Gasteiger partial charge in [-0.25, -0.2) is 4.98 Å². The summed E-state index contributed by atoms with van der Waals surface area (Å²) in [6.07, 6.45) is 0. The zero-order chi connectivity index (χ0) is 10.8. The van der Waals surface area contributed by atoms with Crippen LogP contribution >= 0.6 is 15.9 Å². The van der Waals surface area contributed by atoms with Crippen LogP contribution in [0, 0.1) is 11.3 Å². The van der Waals surface area contributed by atoms with E-state index in [4.69, 9.17) is 10.00 Å². The highest BCUT2D eigenvalue weighted by Gasteiger charge is 2.06. The quantitative estimate of drug-likeness (QED) is 0.794. The third-order valence-electron chi connectivity index (χ3n) is 2.07. The zero-order valence-corrected chi connectivity index (χ0v) is 9.58. The molecule has 0 atom stereocenters. The third-order valence-corrected chi connectivity index (χ3v) is 2.56. The number of aromatic nitrogens is 1. The number of nitriles is 1. The number of hydrogen-bond donors (Lipinski definition) is 0. The fraction of sp³-hybridized carbons (Fsp3) is 0.0909. The Morgan fingerprint density at radius 2 is 2.20 bits per heavy atom. The first-order valence-electron chi connectivity index (χ1n) is 4.29. The Kier molecular flexibility index (Phi) is 2.57. The van der Waals surface area contributed by atoms with E-state index >= 15 is 0 Å². The van der Waals surface area contributed by atoms with Gasteiger partial charge >= 0.3 is 0 Å². The van der Waals surface area contributed by atoms with Gasteiger partial charge in [0.1, 0.15) is 11.8 Å². The highest BCUT2D eigenvalue weighted by atomic mass is 79.9. The molecule has 2 rings (SSSR count). The van der Waals surface area contributed by atoms with Crippen LogP contribution in [0.5, 0.6) is 5.88 Å². The third kappa shape index (κ3) is 1.79. The van der Waals surface area contributed by atoms with Gasteiger partial charge in [0.2, 0.25) is 5.88 Å². The van der Waals surface area contributed by atoms with Crippen LogP contribution in [0.2, 0.25) is 0 Å². The minimum absolute atomic E-state index is 0.363. The monoisotopic (exact) mass is 262 g/mol. The van der Waals surface area contributed by atoms with E-state index in [1.165, 1.54) is 0 Å². The summed E-state index contributed by atoms with van der Waals surface area (Å²) in [5.41, 5.74) is 0.363. The van der Waals surface area contributed by atoms with Crippen molar-refractivity contribution >= 4 is 26.7 Å². The SMILES string of the molecule is COc1nc(C#N)cc2ccc(Br)cc12. The summed E-state index contributed by atoms with van der Waals surface area (Å²) in [5, 5.41) is 10.6. The summed E-state index contributed by atoms with van der Waals surface area (Å²) in [4.78, 5) is 4.07. The Morgan fingerprint density at radius 1 is 1.40 bits per heavy atom. The molecule has 1 heterocycles. The normalized spacial score (nSPS) is 9.93. The number of pyridine rings is 1. The number of hydrogen-bond acceptors (Lipinski definition) is 3. The molecule has 0 saturated heterocycles. The van der Waals surface area contributed by atoms with Crippen molar-refractivity contribution in [2.24, 2.45) is 0 Å². The van der Waals surface area contributed by atoms with Crippen molar-refractivity contribution in [2.45, 2.75) is 0 Å². The summed E-state index contributed by atoms with van der Waals surface area (Å²) in [6.45, 7) is 0. The summed E-state index contributed by atoms with van der Waals surface area (Å²) in [7, 11) is 1.55. The van der Waals surface area contributed by atoms with Crippen molar-refractivity contribution in [3.8, 4) is 11.9 Å². The molecule has 3 nitrogen and oxygen atoms in total. The van der Waals surface area contributed by atoms with Crippen LogP contribution in [-0.2, 0) is 0 Å². The second-order valence-electron chi connectivity index (χ2n) is 2.99.